The van der Waals surface area contributed by atoms with Gasteiger partial charge in [0.05, 0.1) is 0 Å². The maximum absolute atomic E-state index is 12.3. The number of nitrogens with one attached hydrogen (secondary N) is 1. The molecular weight excluding hydrogens is 386 g/mol. The van der Waals surface area contributed by atoms with E-state index in [2.05, 4.69) is 20.6 Å². The van der Waals surface area contributed by atoms with Gasteiger partial charge in [-0.2, -0.15) is 9.61 Å². The van der Waals surface area contributed by atoms with Crippen molar-refractivity contribution >= 4 is 27.9 Å². The Morgan fingerprint density at radius 3 is 2.59 bits per heavy atom. The monoisotopic (exact) mass is 407 g/mol. The van der Waals surface area contributed by atoms with E-state index in [1.807, 2.05) is 64.1 Å². The molecule has 0 aliphatic rings. The van der Waals surface area contributed by atoms with E-state index < -0.39 is 0 Å². The van der Waals surface area contributed by atoms with Gasteiger partial charge in [-0.3, -0.25) is 4.79 Å². The first kappa shape index (κ1) is 19.1. The molecule has 2 aromatic heterocycles. The summed E-state index contributed by atoms with van der Waals surface area (Å²) >= 11 is 1.48. The minimum atomic E-state index is -0.200. The number of rotatable bonds is 5. The number of hydrogen-bond acceptors (Lipinski definition) is 6. The standard InChI is InChI=1S/C21H21N5O2S/c1-12-5-7-17(10-13(12)2)28-11-19(27)22-18-8-6-16(9-14(18)3)20-25-26-15(4)23-24-21(26)29-20/h5-10H,11H2,1-4H3,(H,22,27). The molecule has 4 aromatic rings. The van der Waals surface area contributed by atoms with Gasteiger partial charge in [0.25, 0.3) is 5.91 Å². The molecule has 0 unspecified atom stereocenters. The van der Waals surface area contributed by atoms with Crippen LogP contribution < -0.4 is 10.1 Å². The van der Waals surface area contributed by atoms with Gasteiger partial charge in [0.2, 0.25) is 4.96 Å². The molecule has 148 valence electrons. The van der Waals surface area contributed by atoms with Crippen molar-refractivity contribution in [2.45, 2.75) is 27.7 Å². The summed E-state index contributed by atoms with van der Waals surface area (Å²) in [6.45, 7) is 7.84. The van der Waals surface area contributed by atoms with E-state index in [9.17, 15) is 4.79 Å². The number of hydrogen-bond donors (Lipinski definition) is 1. The molecule has 0 aliphatic carbocycles. The molecule has 0 saturated carbocycles. The Labute approximate surface area is 172 Å². The summed E-state index contributed by atoms with van der Waals surface area (Å²) in [5, 5.41) is 16.4. The van der Waals surface area contributed by atoms with Gasteiger partial charge in [0.1, 0.15) is 10.8 Å². The van der Waals surface area contributed by atoms with E-state index in [0.29, 0.717) is 5.75 Å². The molecule has 0 atom stereocenters. The number of carbonyl (C=O) groups is 1. The van der Waals surface area contributed by atoms with E-state index in [4.69, 9.17) is 4.74 Å². The molecule has 4 rings (SSSR count). The molecular formula is C21H21N5O2S. The minimum Gasteiger partial charge on any atom is -0.484 e. The topological polar surface area (TPSA) is 81.4 Å². The number of anilines is 1. The molecule has 8 heteroatoms. The number of aryl methyl sites for hydroxylation is 4. The third-order valence-electron chi connectivity index (χ3n) is 4.74. The van der Waals surface area contributed by atoms with E-state index >= 15 is 0 Å². The second-order valence-corrected chi connectivity index (χ2v) is 7.92. The summed E-state index contributed by atoms with van der Waals surface area (Å²) in [4.78, 5) is 13.1. The lowest BCUT2D eigenvalue weighted by Gasteiger charge is -2.11. The van der Waals surface area contributed by atoms with Crippen molar-refractivity contribution < 1.29 is 9.53 Å². The van der Waals surface area contributed by atoms with Crippen LogP contribution in [-0.4, -0.2) is 32.3 Å². The number of benzene rings is 2. The molecule has 1 N–H and O–H groups in total. The molecule has 2 aromatic carbocycles. The van der Waals surface area contributed by atoms with Crippen LogP contribution in [0.25, 0.3) is 15.5 Å². The van der Waals surface area contributed by atoms with Crippen molar-refractivity contribution in [3.63, 3.8) is 0 Å². The Hall–Kier alpha value is -3.26. The molecule has 29 heavy (non-hydrogen) atoms. The fraction of sp³-hybridized carbons (Fsp3) is 0.238. The first-order chi connectivity index (χ1) is 13.9. The molecule has 0 radical (unpaired) electrons. The summed E-state index contributed by atoms with van der Waals surface area (Å²) in [6, 6.07) is 11.6. The zero-order valence-electron chi connectivity index (χ0n) is 16.7. The van der Waals surface area contributed by atoms with Crippen molar-refractivity contribution in [3.8, 4) is 16.3 Å². The van der Waals surface area contributed by atoms with Crippen molar-refractivity contribution in [3.05, 3.63) is 58.9 Å². The van der Waals surface area contributed by atoms with Crippen LogP contribution in [0.1, 0.15) is 22.5 Å². The van der Waals surface area contributed by atoms with Crippen molar-refractivity contribution in [2.24, 2.45) is 0 Å². The predicted molar refractivity (Wildman–Crippen MR) is 114 cm³/mol. The quantitative estimate of drug-likeness (QED) is 0.539. The molecule has 1 amide bonds. The zero-order chi connectivity index (χ0) is 20.5. The van der Waals surface area contributed by atoms with Crippen LogP contribution in [-0.2, 0) is 4.79 Å². The third kappa shape index (κ3) is 3.97. The van der Waals surface area contributed by atoms with E-state index in [1.54, 1.807) is 4.52 Å². The van der Waals surface area contributed by atoms with Crippen LogP contribution in [0.3, 0.4) is 0 Å². The van der Waals surface area contributed by atoms with Gasteiger partial charge in [-0.15, -0.1) is 10.2 Å². The summed E-state index contributed by atoms with van der Waals surface area (Å²) in [5.41, 5.74) is 5.00. The highest BCUT2D eigenvalue weighted by atomic mass is 32.1. The Bertz CT molecular complexity index is 1210. The van der Waals surface area contributed by atoms with Gasteiger partial charge < -0.3 is 10.1 Å². The third-order valence-corrected chi connectivity index (χ3v) is 5.69. The van der Waals surface area contributed by atoms with Crippen molar-refractivity contribution in [1.82, 2.24) is 19.8 Å². The van der Waals surface area contributed by atoms with Crippen molar-refractivity contribution in [2.75, 3.05) is 11.9 Å². The minimum absolute atomic E-state index is 0.0420. The maximum atomic E-state index is 12.3. The van der Waals surface area contributed by atoms with Crippen molar-refractivity contribution in [1.29, 1.82) is 0 Å². The number of nitrogens with zero attached hydrogens (tertiary/aromatic N) is 4. The fourth-order valence-electron chi connectivity index (χ4n) is 2.91. The Balaban J connectivity index is 1.43. The van der Waals surface area contributed by atoms with Crippen LogP contribution in [0.15, 0.2) is 36.4 Å². The first-order valence-corrected chi connectivity index (χ1v) is 10.0. The number of aromatic nitrogens is 4. The predicted octanol–water partition coefficient (Wildman–Crippen LogP) is 4.10. The van der Waals surface area contributed by atoms with Crippen LogP contribution in [0, 0.1) is 27.7 Å². The second-order valence-electron chi connectivity index (χ2n) is 6.96. The molecule has 0 fully saturated rings. The smallest absolute Gasteiger partial charge is 0.262 e. The van der Waals surface area contributed by atoms with Crippen LogP contribution in [0.4, 0.5) is 5.69 Å². The summed E-state index contributed by atoms with van der Waals surface area (Å²) in [6.07, 6.45) is 0. The van der Waals surface area contributed by atoms with Gasteiger partial charge >= 0.3 is 0 Å². The number of carbonyl (C=O) groups excluding carboxylic acids is 1. The van der Waals surface area contributed by atoms with Gasteiger partial charge in [0.15, 0.2) is 12.4 Å². The molecule has 0 bridgehead atoms. The summed E-state index contributed by atoms with van der Waals surface area (Å²) in [5.74, 6) is 1.24. The van der Waals surface area contributed by atoms with E-state index in [0.717, 1.165) is 38.2 Å². The highest BCUT2D eigenvalue weighted by molar-refractivity contribution is 7.19. The highest BCUT2D eigenvalue weighted by Gasteiger charge is 2.12. The summed E-state index contributed by atoms with van der Waals surface area (Å²) < 4.78 is 7.34. The maximum Gasteiger partial charge on any atom is 0.262 e. The lowest BCUT2D eigenvalue weighted by atomic mass is 10.1. The zero-order valence-corrected chi connectivity index (χ0v) is 17.5. The first-order valence-electron chi connectivity index (χ1n) is 9.20. The van der Waals surface area contributed by atoms with Crippen LogP contribution in [0.2, 0.25) is 0 Å². The second kappa shape index (κ2) is 7.63. The number of amides is 1. The normalized spacial score (nSPS) is 11.0. The SMILES string of the molecule is Cc1ccc(OCC(=O)Nc2ccc(-c3nn4c(C)nnc4s3)cc2C)cc1C. The molecule has 7 nitrogen and oxygen atoms in total. The molecule has 2 heterocycles. The van der Waals surface area contributed by atoms with Gasteiger partial charge in [0, 0.05) is 11.3 Å². The van der Waals surface area contributed by atoms with Crippen LogP contribution >= 0.6 is 11.3 Å². The molecule has 0 aliphatic heterocycles. The average Bonchev–Trinajstić information content (AvgIpc) is 3.26. The Morgan fingerprint density at radius 1 is 1.03 bits per heavy atom. The largest absolute Gasteiger partial charge is 0.484 e. The van der Waals surface area contributed by atoms with Crippen LogP contribution in [0.5, 0.6) is 5.75 Å². The van der Waals surface area contributed by atoms with Gasteiger partial charge in [-0.1, -0.05) is 17.4 Å². The lowest BCUT2D eigenvalue weighted by Crippen LogP contribution is -2.20. The Kier molecular flexibility index (Phi) is 5.02. The van der Waals surface area contributed by atoms with E-state index in [-0.39, 0.29) is 12.5 Å². The fourth-order valence-corrected chi connectivity index (χ4v) is 3.79. The Morgan fingerprint density at radius 2 is 1.86 bits per heavy atom. The highest BCUT2D eigenvalue weighted by Crippen LogP contribution is 2.28. The van der Waals surface area contributed by atoms with E-state index in [1.165, 1.54) is 16.9 Å². The average molecular weight is 407 g/mol. The lowest BCUT2D eigenvalue weighted by molar-refractivity contribution is -0.118. The molecule has 0 spiro atoms. The number of ether oxygens (including phenoxy) is 1. The van der Waals surface area contributed by atoms with Gasteiger partial charge in [-0.05, 0) is 74.7 Å². The summed E-state index contributed by atoms with van der Waals surface area (Å²) in [7, 11) is 0. The van der Waals surface area contributed by atoms with Gasteiger partial charge in [-0.25, -0.2) is 0 Å². The number of fused-ring (bicyclic) bond motifs is 1. The molecule has 0 saturated heterocycles.